The van der Waals surface area contributed by atoms with Crippen LogP contribution in [0.3, 0.4) is 0 Å². The van der Waals surface area contributed by atoms with Crippen LogP contribution in [-0.2, 0) is 4.74 Å². The minimum atomic E-state index is -0.605. The standard InChI is InChI=1S/C11H12ClN3O3/c1-11(2,3)18-9(17)6-4-5-7(13-6)14-10(12)15-8(5)16/h4H,1-3H3,(H2,13,14,15,16). The van der Waals surface area contributed by atoms with E-state index in [2.05, 4.69) is 15.0 Å². The lowest BCUT2D eigenvalue weighted by atomic mass is 10.2. The van der Waals surface area contributed by atoms with Crippen LogP contribution in [0.15, 0.2) is 10.9 Å². The third-order valence-electron chi connectivity index (χ3n) is 2.09. The van der Waals surface area contributed by atoms with Crippen molar-refractivity contribution in [3.63, 3.8) is 0 Å². The number of hydrogen-bond donors (Lipinski definition) is 2. The predicted molar refractivity (Wildman–Crippen MR) is 66.9 cm³/mol. The fraction of sp³-hybridized carbons (Fsp3) is 0.364. The summed E-state index contributed by atoms with van der Waals surface area (Å²) >= 11 is 5.62. The summed E-state index contributed by atoms with van der Waals surface area (Å²) < 4.78 is 5.18. The van der Waals surface area contributed by atoms with Gasteiger partial charge < -0.3 is 9.72 Å². The summed E-state index contributed by atoms with van der Waals surface area (Å²) in [6.45, 7) is 5.28. The molecule has 0 spiro atoms. The second-order valence-electron chi connectivity index (χ2n) is 4.80. The first-order chi connectivity index (χ1) is 8.26. The Hall–Kier alpha value is -1.82. The normalized spacial score (nSPS) is 11.8. The molecule has 2 aromatic rings. The van der Waals surface area contributed by atoms with E-state index < -0.39 is 17.1 Å². The fourth-order valence-corrected chi connectivity index (χ4v) is 1.61. The summed E-state index contributed by atoms with van der Waals surface area (Å²) in [5.41, 5.74) is -0.591. The van der Waals surface area contributed by atoms with Crippen LogP contribution in [0.4, 0.5) is 0 Å². The summed E-state index contributed by atoms with van der Waals surface area (Å²) in [7, 11) is 0. The molecule has 2 N–H and O–H groups in total. The van der Waals surface area contributed by atoms with Gasteiger partial charge >= 0.3 is 5.97 Å². The van der Waals surface area contributed by atoms with E-state index in [1.54, 1.807) is 20.8 Å². The highest BCUT2D eigenvalue weighted by molar-refractivity contribution is 6.28. The van der Waals surface area contributed by atoms with Crippen molar-refractivity contribution < 1.29 is 9.53 Å². The van der Waals surface area contributed by atoms with Crippen LogP contribution in [0.2, 0.25) is 5.28 Å². The molecule has 0 atom stereocenters. The molecule has 0 bridgehead atoms. The van der Waals surface area contributed by atoms with Gasteiger partial charge in [-0.2, -0.15) is 0 Å². The van der Waals surface area contributed by atoms with Gasteiger partial charge in [-0.05, 0) is 38.4 Å². The van der Waals surface area contributed by atoms with E-state index in [9.17, 15) is 9.59 Å². The van der Waals surface area contributed by atoms with Gasteiger partial charge in [0.25, 0.3) is 5.56 Å². The minimum absolute atomic E-state index is 0.0370. The number of nitrogens with one attached hydrogen (secondary N) is 2. The number of fused-ring (bicyclic) bond motifs is 1. The summed E-state index contributed by atoms with van der Waals surface area (Å²) in [5, 5.41) is 0.227. The van der Waals surface area contributed by atoms with Crippen LogP contribution in [0.5, 0.6) is 0 Å². The lowest BCUT2D eigenvalue weighted by molar-refractivity contribution is 0.00638. The minimum Gasteiger partial charge on any atom is -0.455 e. The topological polar surface area (TPSA) is 87.8 Å². The molecule has 0 fully saturated rings. The highest BCUT2D eigenvalue weighted by atomic mass is 35.5. The van der Waals surface area contributed by atoms with E-state index in [4.69, 9.17) is 16.3 Å². The maximum atomic E-state index is 11.8. The Labute approximate surface area is 107 Å². The summed E-state index contributed by atoms with van der Waals surface area (Å²) in [6, 6.07) is 1.39. The molecule has 96 valence electrons. The zero-order valence-electron chi connectivity index (χ0n) is 10.1. The highest BCUT2D eigenvalue weighted by Crippen LogP contribution is 2.15. The van der Waals surface area contributed by atoms with E-state index in [0.29, 0.717) is 0 Å². The molecule has 0 aliphatic rings. The molecule has 0 aromatic carbocycles. The van der Waals surface area contributed by atoms with Gasteiger partial charge in [-0.3, -0.25) is 9.78 Å². The van der Waals surface area contributed by atoms with Gasteiger partial charge in [0.15, 0.2) is 0 Å². The van der Waals surface area contributed by atoms with Gasteiger partial charge in [-0.15, -0.1) is 0 Å². The van der Waals surface area contributed by atoms with E-state index in [1.165, 1.54) is 6.07 Å². The first-order valence-corrected chi connectivity index (χ1v) is 5.66. The van der Waals surface area contributed by atoms with Gasteiger partial charge in [-0.25, -0.2) is 9.78 Å². The molecular formula is C11H12ClN3O3. The number of rotatable bonds is 1. The first kappa shape index (κ1) is 12.6. The Bertz CT molecular complexity index is 666. The maximum absolute atomic E-state index is 11.8. The van der Waals surface area contributed by atoms with Crippen LogP contribution < -0.4 is 5.56 Å². The maximum Gasteiger partial charge on any atom is 0.355 e. The van der Waals surface area contributed by atoms with Crippen molar-refractivity contribution >= 4 is 28.6 Å². The van der Waals surface area contributed by atoms with Gasteiger partial charge in [0.05, 0.1) is 5.39 Å². The fourth-order valence-electron chi connectivity index (χ4n) is 1.44. The molecule has 0 aliphatic carbocycles. The van der Waals surface area contributed by atoms with E-state index >= 15 is 0 Å². The summed E-state index contributed by atoms with van der Waals surface area (Å²) in [5.74, 6) is -0.545. The molecule has 0 saturated carbocycles. The molecule has 0 unspecified atom stereocenters. The Morgan fingerprint density at radius 2 is 2.06 bits per heavy atom. The van der Waals surface area contributed by atoms with Crippen molar-refractivity contribution in [3.05, 3.63) is 27.4 Å². The average molecular weight is 270 g/mol. The molecule has 18 heavy (non-hydrogen) atoms. The molecule has 7 heteroatoms. The number of H-pyrrole nitrogens is 2. The Morgan fingerprint density at radius 3 is 2.67 bits per heavy atom. The lowest BCUT2D eigenvalue weighted by Gasteiger charge is -2.18. The Morgan fingerprint density at radius 1 is 1.39 bits per heavy atom. The van der Waals surface area contributed by atoms with Crippen LogP contribution >= 0.6 is 11.6 Å². The molecule has 2 rings (SSSR count). The predicted octanol–water partition coefficient (Wildman–Crippen LogP) is 1.86. The van der Waals surface area contributed by atoms with Gasteiger partial charge in [0, 0.05) is 0 Å². The molecule has 0 saturated heterocycles. The third kappa shape index (κ3) is 2.53. The average Bonchev–Trinajstić information content (AvgIpc) is 2.58. The van der Waals surface area contributed by atoms with Crippen molar-refractivity contribution in [2.24, 2.45) is 0 Å². The second-order valence-corrected chi connectivity index (χ2v) is 5.16. The number of carbonyl (C=O) groups excluding carboxylic acids is 1. The molecule has 2 heterocycles. The number of halogens is 1. The van der Waals surface area contributed by atoms with E-state index in [-0.39, 0.29) is 22.0 Å². The SMILES string of the molecule is CC(C)(C)OC(=O)c1cc2c(=O)[nH]c(Cl)nc2[nH]1. The van der Waals surface area contributed by atoms with Gasteiger partial charge in [-0.1, -0.05) is 0 Å². The number of carbonyl (C=O) groups is 1. The van der Waals surface area contributed by atoms with Crippen LogP contribution in [0, 0.1) is 0 Å². The van der Waals surface area contributed by atoms with Crippen molar-refractivity contribution in [2.45, 2.75) is 26.4 Å². The molecule has 0 amide bonds. The van der Waals surface area contributed by atoms with Crippen LogP contribution in [0.1, 0.15) is 31.3 Å². The van der Waals surface area contributed by atoms with E-state index in [1.807, 2.05) is 0 Å². The molecule has 2 aromatic heterocycles. The smallest absolute Gasteiger partial charge is 0.355 e. The van der Waals surface area contributed by atoms with Gasteiger partial charge in [0.2, 0.25) is 5.28 Å². The Balaban J connectivity index is 2.45. The number of aromatic amines is 2. The van der Waals surface area contributed by atoms with E-state index in [0.717, 1.165) is 0 Å². The number of esters is 1. The van der Waals surface area contributed by atoms with Crippen molar-refractivity contribution in [1.82, 2.24) is 15.0 Å². The number of nitrogens with zero attached hydrogens (tertiary/aromatic N) is 1. The third-order valence-corrected chi connectivity index (χ3v) is 2.27. The molecule has 6 nitrogen and oxygen atoms in total. The monoisotopic (exact) mass is 269 g/mol. The summed E-state index contributed by atoms with van der Waals surface area (Å²) in [4.78, 5) is 32.3. The largest absolute Gasteiger partial charge is 0.455 e. The molecule has 0 radical (unpaired) electrons. The van der Waals surface area contributed by atoms with Gasteiger partial charge in [0.1, 0.15) is 16.9 Å². The van der Waals surface area contributed by atoms with Crippen molar-refractivity contribution in [2.75, 3.05) is 0 Å². The molecular weight excluding hydrogens is 258 g/mol. The summed E-state index contributed by atoms with van der Waals surface area (Å²) in [6.07, 6.45) is 0. The number of aromatic nitrogens is 3. The van der Waals surface area contributed by atoms with Crippen molar-refractivity contribution in [3.8, 4) is 0 Å². The number of hydrogen-bond acceptors (Lipinski definition) is 4. The van der Waals surface area contributed by atoms with Crippen LogP contribution in [0.25, 0.3) is 11.0 Å². The highest BCUT2D eigenvalue weighted by Gasteiger charge is 2.20. The zero-order valence-corrected chi connectivity index (χ0v) is 10.9. The lowest BCUT2D eigenvalue weighted by Crippen LogP contribution is -2.24. The van der Waals surface area contributed by atoms with Crippen molar-refractivity contribution in [1.29, 1.82) is 0 Å². The van der Waals surface area contributed by atoms with Crippen LogP contribution in [-0.4, -0.2) is 26.5 Å². The first-order valence-electron chi connectivity index (χ1n) is 5.28. The molecule has 0 aliphatic heterocycles. The quantitative estimate of drug-likeness (QED) is 0.611. The second kappa shape index (κ2) is 4.13. The number of ether oxygens (including phenoxy) is 1. The Kier molecular flexibility index (Phi) is 2.90. The zero-order chi connectivity index (χ0) is 13.5.